The fourth-order valence-corrected chi connectivity index (χ4v) is 9.40. The molecule has 0 N–H and O–H groups in total. The predicted molar refractivity (Wildman–Crippen MR) is 256 cm³/mol. The Kier molecular flexibility index (Phi) is 7.54. The van der Waals surface area contributed by atoms with Crippen LogP contribution in [0.2, 0.25) is 0 Å². The van der Waals surface area contributed by atoms with Crippen molar-refractivity contribution >= 4 is 76.1 Å². The van der Waals surface area contributed by atoms with E-state index >= 15 is 0 Å². The van der Waals surface area contributed by atoms with Gasteiger partial charge in [-0.2, -0.15) is 9.97 Å². The monoisotopic (exact) mass is 790 g/mol. The van der Waals surface area contributed by atoms with Crippen molar-refractivity contribution in [3.63, 3.8) is 0 Å². The Bertz CT molecular complexity index is 3920. The zero-order valence-corrected chi connectivity index (χ0v) is 33.3. The van der Waals surface area contributed by atoms with Gasteiger partial charge in [0.05, 0.1) is 11.0 Å². The Morgan fingerprint density at radius 3 is 1.76 bits per heavy atom. The normalized spacial score (nSPS) is 11.9. The lowest BCUT2D eigenvalue weighted by Crippen LogP contribution is -2.07. The minimum atomic E-state index is 0.550. The number of furan rings is 1. The topological polar surface area (TPSA) is 56.7 Å². The molecule has 0 unspecified atom stereocenters. The summed E-state index contributed by atoms with van der Waals surface area (Å²) in [7, 11) is 0. The smallest absolute Gasteiger partial charge is 0.238 e. The van der Waals surface area contributed by atoms with E-state index < -0.39 is 0 Å². The second-order valence-electron chi connectivity index (χ2n) is 16.0. The van der Waals surface area contributed by atoms with Crippen LogP contribution in [0.5, 0.6) is 0 Å². The molecule has 3 heterocycles. The van der Waals surface area contributed by atoms with Crippen molar-refractivity contribution in [3.8, 4) is 51.0 Å². The molecular formula is C57H34N4O. The van der Waals surface area contributed by atoms with Crippen molar-refractivity contribution in [2.24, 2.45) is 0 Å². The summed E-state index contributed by atoms with van der Waals surface area (Å²) in [4.78, 5) is 16.0. The summed E-state index contributed by atoms with van der Waals surface area (Å²) in [6, 6.07) is 72.9. The summed E-state index contributed by atoms with van der Waals surface area (Å²) in [6.07, 6.45) is 0. The minimum absolute atomic E-state index is 0.550. The van der Waals surface area contributed by atoms with E-state index in [0.717, 1.165) is 93.3 Å². The van der Waals surface area contributed by atoms with Crippen LogP contribution in [0.25, 0.3) is 127 Å². The van der Waals surface area contributed by atoms with E-state index in [-0.39, 0.29) is 0 Å². The molecule has 0 amide bonds. The molecule has 0 radical (unpaired) electrons. The summed E-state index contributed by atoms with van der Waals surface area (Å²) in [5.74, 6) is 1.76. The third-order valence-corrected chi connectivity index (χ3v) is 12.4. The summed E-state index contributed by atoms with van der Waals surface area (Å²) in [5, 5.41) is 11.4. The zero-order valence-electron chi connectivity index (χ0n) is 33.3. The fraction of sp³-hybridized carbons (Fsp3) is 0. The van der Waals surface area contributed by atoms with E-state index in [4.69, 9.17) is 19.4 Å². The Labute approximate surface area is 355 Å². The first kappa shape index (κ1) is 34.5. The van der Waals surface area contributed by atoms with Crippen LogP contribution in [0.1, 0.15) is 0 Å². The van der Waals surface area contributed by atoms with Crippen molar-refractivity contribution in [3.05, 3.63) is 206 Å². The minimum Gasteiger partial charge on any atom is -0.456 e. The van der Waals surface area contributed by atoms with Gasteiger partial charge < -0.3 is 4.42 Å². The van der Waals surface area contributed by atoms with Gasteiger partial charge in [0.2, 0.25) is 5.95 Å². The number of fused-ring (bicyclic) bond motifs is 10. The van der Waals surface area contributed by atoms with E-state index in [2.05, 4.69) is 205 Å². The molecule has 0 spiro atoms. The van der Waals surface area contributed by atoms with E-state index in [1.807, 2.05) is 6.07 Å². The van der Waals surface area contributed by atoms with Crippen molar-refractivity contribution < 1.29 is 4.42 Å². The third kappa shape index (κ3) is 5.45. The standard InChI is InChI=1S/C57H34N4O/c1-2-11-35(12-3-1)37-21-24-39(25-22-37)55-58-56(44-26-23-36-13-4-5-15-40(36)31-44)60-57(59-55)61-50-34-42-17-7-6-16-41(42)32-48(50)47-20-10-19-46(54(47)61)43-28-29-51-49(33-43)53-45-18-9-8-14-38(45)27-30-52(53)62-51/h1-34H. The second-order valence-corrected chi connectivity index (χ2v) is 16.0. The van der Waals surface area contributed by atoms with Gasteiger partial charge in [-0.1, -0.05) is 170 Å². The third-order valence-electron chi connectivity index (χ3n) is 12.4. The molecule has 0 bridgehead atoms. The van der Waals surface area contributed by atoms with Gasteiger partial charge in [0.1, 0.15) is 11.2 Å². The molecule has 13 aromatic rings. The summed E-state index contributed by atoms with van der Waals surface area (Å²) >= 11 is 0. The molecule has 13 rings (SSSR count). The summed E-state index contributed by atoms with van der Waals surface area (Å²) in [5.41, 5.74) is 10.1. The Balaban J connectivity index is 1.10. The van der Waals surface area contributed by atoms with Crippen LogP contribution < -0.4 is 0 Å². The summed E-state index contributed by atoms with van der Waals surface area (Å²) < 4.78 is 8.72. The largest absolute Gasteiger partial charge is 0.456 e. The number of benzene rings is 10. The molecule has 62 heavy (non-hydrogen) atoms. The highest BCUT2D eigenvalue weighted by molar-refractivity contribution is 6.21. The van der Waals surface area contributed by atoms with Crippen LogP contribution in [-0.4, -0.2) is 19.5 Å². The molecule has 5 heteroatoms. The lowest BCUT2D eigenvalue weighted by atomic mass is 9.98. The Hall–Kier alpha value is -8.41. The number of hydrogen-bond donors (Lipinski definition) is 0. The SMILES string of the molecule is c1ccc(-c2ccc(-c3nc(-c4ccc5ccccc5c4)nc(-n4c5cc6ccccc6cc5c5cccc(-c6ccc7oc8ccc9ccccc9c8c7c6)c54)n3)cc2)cc1. The maximum atomic E-state index is 6.46. The highest BCUT2D eigenvalue weighted by Gasteiger charge is 2.22. The molecule has 3 aromatic heterocycles. The highest BCUT2D eigenvalue weighted by atomic mass is 16.3. The van der Waals surface area contributed by atoms with Gasteiger partial charge in [-0.3, -0.25) is 4.57 Å². The number of nitrogens with zero attached hydrogens (tertiary/aromatic N) is 4. The van der Waals surface area contributed by atoms with Crippen LogP contribution in [0.4, 0.5) is 0 Å². The molecule has 5 nitrogen and oxygen atoms in total. The number of aromatic nitrogens is 4. The molecule has 0 aliphatic carbocycles. The van der Waals surface area contributed by atoms with Crippen LogP contribution >= 0.6 is 0 Å². The molecule has 0 atom stereocenters. The average molecular weight is 791 g/mol. The highest BCUT2D eigenvalue weighted by Crippen LogP contribution is 2.42. The molecule has 0 saturated heterocycles. The van der Waals surface area contributed by atoms with Gasteiger partial charge >= 0.3 is 0 Å². The molecule has 288 valence electrons. The molecule has 0 saturated carbocycles. The van der Waals surface area contributed by atoms with E-state index in [0.29, 0.717) is 17.6 Å². The number of hydrogen-bond acceptors (Lipinski definition) is 4. The lowest BCUT2D eigenvalue weighted by molar-refractivity contribution is 0.669. The first-order valence-electron chi connectivity index (χ1n) is 20.9. The van der Waals surface area contributed by atoms with Gasteiger partial charge in [-0.05, 0) is 85.4 Å². The first-order chi connectivity index (χ1) is 30.7. The molecular weight excluding hydrogens is 757 g/mol. The van der Waals surface area contributed by atoms with Gasteiger partial charge in [-0.25, -0.2) is 4.98 Å². The van der Waals surface area contributed by atoms with Gasteiger partial charge in [0.25, 0.3) is 0 Å². The van der Waals surface area contributed by atoms with Crippen LogP contribution in [0.3, 0.4) is 0 Å². The van der Waals surface area contributed by atoms with Gasteiger partial charge in [0.15, 0.2) is 11.6 Å². The molecule has 0 aliphatic rings. The predicted octanol–water partition coefficient (Wildman–Crippen LogP) is 15.0. The lowest BCUT2D eigenvalue weighted by Gasteiger charge is -2.14. The quantitative estimate of drug-likeness (QED) is 0.174. The average Bonchev–Trinajstić information content (AvgIpc) is 3.88. The second kappa shape index (κ2) is 13.6. The summed E-state index contributed by atoms with van der Waals surface area (Å²) in [6.45, 7) is 0. The van der Waals surface area contributed by atoms with Crippen LogP contribution in [-0.2, 0) is 0 Å². The number of para-hydroxylation sites is 1. The fourth-order valence-electron chi connectivity index (χ4n) is 9.40. The van der Waals surface area contributed by atoms with Crippen molar-refractivity contribution in [1.29, 1.82) is 0 Å². The first-order valence-corrected chi connectivity index (χ1v) is 20.9. The molecule has 0 fully saturated rings. The van der Waals surface area contributed by atoms with Gasteiger partial charge in [0, 0.05) is 38.2 Å². The van der Waals surface area contributed by atoms with E-state index in [1.165, 1.54) is 16.2 Å². The maximum Gasteiger partial charge on any atom is 0.238 e. The Morgan fingerprint density at radius 2 is 0.935 bits per heavy atom. The Morgan fingerprint density at radius 1 is 0.339 bits per heavy atom. The van der Waals surface area contributed by atoms with Crippen molar-refractivity contribution in [2.75, 3.05) is 0 Å². The van der Waals surface area contributed by atoms with E-state index in [9.17, 15) is 0 Å². The molecule has 0 aliphatic heterocycles. The van der Waals surface area contributed by atoms with E-state index in [1.54, 1.807) is 0 Å². The maximum absolute atomic E-state index is 6.46. The van der Waals surface area contributed by atoms with Gasteiger partial charge in [-0.15, -0.1) is 0 Å². The number of rotatable bonds is 5. The van der Waals surface area contributed by atoms with Crippen LogP contribution in [0.15, 0.2) is 211 Å². The van der Waals surface area contributed by atoms with Crippen LogP contribution in [0, 0.1) is 0 Å². The zero-order chi connectivity index (χ0) is 40.7. The molecule has 10 aromatic carbocycles. The van der Waals surface area contributed by atoms with Crippen molar-refractivity contribution in [2.45, 2.75) is 0 Å². The van der Waals surface area contributed by atoms with Crippen molar-refractivity contribution in [1.82, 2.24) is 19.5 Å².